The second-order valence-corrected chi connectivity index (χ2v) is 2.76. The van der Waals surface area contributed by atoms with Gasteiger partial charge in [0.1, 0.15) is 6.29 Å². The quantitative estimate of drug-likeness (QED) is 0.581. The molecule has 0 aromatic carbocycles. The van der Waals surface area contributed by atoms with E-state index >= 15 is 0 Å². The zero-order valence-electron chi connectivity index (χ0n) is 6.62. The molecule has 0 saturated carbocycles. The maximum absolute atomic E-state index is 10.4. The van der Waals surface area contributed by atoms with Crippen molar-refractivity contribution in [1.29, 1.82) is 0 Å². The molecular weight excluding hydrogens is 142 g/mol. The van der Waals surface area contributed by atoms with Crippen molar-refractivity contribution in [3.63, 3.8) is 0 Å². The van der Waals surface area contributed by atoms with Crippen molar-refractivity contribution in [3.05, 3.63) is 11.6 Å². The molecule has 2 unspecified atom stereocenters. The largest absolute Gasteiger partial charge is 0.376 e. The van der Waals surface area contributed by atoms with Crippen LogP contribution in [-0.2, 0) is 9.53 Å². The van der Waals surface area contributed by atoms with E-state index in [-0.39, 0.29) is 12.1 Å². The van der Waals surface area contributed by atoms with Gasteiger partial charge in [0.15, 0.2) is 0 Å². The van der Waals surface area contributed by atoms with Crippen LogP contribution >= 0.6 is 0 Å². The Morgan fingerprint density at radius 3 is 3.09 bits per heavy atom. The normalized spacial score (nSPS) is 31.3. The Bertz CT molecular complexity index is 177. The first-order valence-electron chi connectivity index (χ1n) is 3.72. The molecule has 62 valence electrons. The highest BCUT2D eigenvalue weighted by Crippen LogP contribution is 2.17. The van der Waals surface area contributed by atoms with E-state index in [2.05, 4.69) is 0 Å². The number of carbonyl (C=O) groups excluding carboxylic acids is 1. The van der Waals surface area contributed by atoms with Gasteiger partial charge >= 0.3 is 0 Å². The van der Waals surface area contributed by atoms with Crippen LogP contribution in [0, 0.1) is 0 Å². The van der Waals surface area contributed by atoms with E-state index in [9.17, 15) is 4.79 Å². The average Bonchev–Trinajstić information content (AvgIpc) is 2.05. The molecule has 0 aliphatic heterocycles. The van der Waals surface area contributed by atoms with Crippen molar-refractivity contribution >= 4 is 6.29 Å². The van der Waals surface area contributed by atoms with Crippen molar-refractivity contribution in [2.45, 2.75) is 25.0 Å². The van der Waals surface area contributed by atoms with Crippen molar-refractivity contribution in [2.75, 3.05) is 7.11 Å². The van der Waals surface area contributed by atoms with Gasteiger partial charge in [-0.1, -0.05) is 0 Å². The van der Waals surface area contributed by atoms with Crippen LogP contribution in [0.3, 0.4) is 0 Å². The molecule has 1 rings (SSSR count). The fraction of sp³-hybridized carbons (Fsp3) is 0.625. The summed E-state index contributed by atoms with van der Waals surface area (Å²) in [5.74, 6) is 0. The highest BCUT2D eigenvalue weighted by molar-refractivity contribution is 5.73. The molecular formula is C8H13NO2. The molecule has 1 aliphatic carbocycles. The van der Waals surface area contributed by atoms with Gasteiger partial charge in [0.2, 0.25) is 0 Å². The minimum absolute atomic E-state index is 0.0451. The smallest absolute Gasteiger partial charge is 0.145 e. The number of carbonyl (C=O) groups is 1. The Hall–Kier alpha value is -0.670. The van der Waals surface area contributed by atoms with Crippen molar-refractivity contribution in [3.8, 4) is 0 Å². The zero-order chi connectivity index (χ0) is 8.27. The highest BCUT2D eigenvalue weighted by Gasteiger charge is 2.20. The lowest BCUT2D eigenvalue weighted by atomic mass is 9.94. The summed E-state index contributed by atoms with van der Waals surface area (Å²) in [4.78, 5) is 10.4. The molecule has 3 nitrogen and oxygen atoms in total. The lowest BCUT2D eigenvalue weighted by Gasteiger charge is -2.24. The number of rotatable bonds is 2. The van der Waals surface area contributed by atoms with E-state index in [1.165, 1.54) is 0 Å². The van der Waals surface area contributed by atoms with Crippen LogP contribution < -0.4 is 5.73 Å². The second-order valence-electron chi connectivity index (χ2n) is 2.76. The Balaban J connectivity index is 2.66. The van der Waals surface area contributed by atoms with Crippen molar-refractivity contribution in [2.24, 2.45) is 5.73 Å². The van der Waals surface area contributed by atoms with E-state index in [0.29, 0.717) is 0 Å². The summed E-state index contributed by atoms with van der Waals surface area (Å²) in [6.45, 7) is 0. The number of methoxy groups -OCH3 is 1. The van der Waals surface area contributed by atoms with Gasteiger partial charge in [0, 0.05) is 13.2 Å². The topological polar surface area (TPSA) is 52.3 Å². The molecule has 1 aliphatic rings. The summed E-state index contributed by atoms with van der Waals surface area (Å²) in [6.07, 6.45) is 4.22. The molecule has 0 aromatic heterocycles. The molecule has 0 spiro atoms. The minimum Gasteiger partial charge on any atom is -0.376 e. The van der Waals surface area contributed by atoms with E-state index in [4.69, 9.17) is 10.5 Å². The van der Waals surface area contributed by atoms with Gasteiger partial charge in [0.25, 0.3) is 0 Å². The summed E-state index contributed by atoms with van der Waals surface area (Å²) in [5, 5.41) is 0. The van der Waals surface area contributed by atoms with Gasteiger partial charge in [-0.3, -0.25) is 4.79 Å². The van der Waals surface area contributed by atoms with Crippen LogP contribution in [0.1, 0.15) is 12.8 Å². The predicted molar refractivity (Wildman–Crippen MR) is 42.2 cm³/mol. The van der Waals surface area contributed by atoms with Gasteiger partial charge in [-0.05, 0) is 24.5 Å². The van der Waals surface area contributed by atoms with E-state index in [0.717, 1.165) is 24.7 Å². The Morgan fingerprint density at radius 2 is 2.55 bits per heavy atom. The maximum atomic E-state index is 10.4. The number of aldehydes is 1. The fourth-order valence-electron chi connectivity index (χ4n) is 1.26. The summed E-state index contributed by atoms with van der Waals surface area (Å²) in [5.41, 5.74) is 6.53. The van der Waals surface area contributed by atoms with Gasteiger partial charge in [-0.2, -0.15) is 0 Å². The average molecular weight is 155 g/mol. The van der Waals surface area contributed by atoms with Gasteiger partial charge < -0.3 is 10.5 Å². The molecule has 11 heavy (non-hydrogen) atoms. The Kier molecular flexibility index (Phi) is 2.79. The summed E-state index contributed by atoms with van der Waals surface area (Å²) >= 11 is 0. The van der Waals surface area contributed by atoms with E-state index in [1.807, 2.05) is 0 Å². The molecule has 0 amide bonds. The summed E-state index contributed by atoms with van der Waals surface area (Å²) in [7, 11) is 1.61. The number of hydrogen-bond acceptors (Lipinski definition) is 3. The van der Waals surface area contributed by atoms with Gasteiger partial charge in [-0.25, -0.2) is 0 Å². The van der Waals surface area contributed by atoms with Crippen molar-refractivity contribution in [1.82, 2.24) is 0 Å². The van der Waals surface area contributed by atoms with Gasteiger partial charge in [-0.15, -0.1) is 0 Å². The van der Waals surface area contributed by atoms with Crippen LogP contribution in [-0.4, -0.2) is 25.5 Å². The number of hydrogen-bond donors (Lipinski definition) is 1. The first kappa shape index (κ1) is 8.43. The monoisotopic (exact) mass is 155 g/mol. The first-order chi connectivity index (χ1) is 5.27. The number of nitrogens with two attached hydrogens (primary N) is 1. The first-order valence-corrected chi connectivity index (χ1v) is 3.72. The second kappa shape index (κ2) is 3.64. The third-order valence-electron chi connectivity index (χ3n) is 1.99. The lowest BCUT2D eigenvalue weighted by molar-refractivity contribution is -0.105. The standard InChI is InChI=1S/C8H13NO2/c1-11-8-4-6(5-10)2-3-7(8)9/h4-5,7-8H,2-3,9H2,1H3. The molecule has 2 N–H and O–H groups in total. The molecule has 0 fully saturated rings. The SMILES string of the molecule is COC1C=C(C=O)CCC1N. The molecule has 0 heterocycles. The summed E-state index contributed by atoms with van der Waals surface area (Å²) < 4.78 is 5.08. The van der Waals surface area contributed by atoms with Crippen LogP contribution in [0.5, 0.6) is 0 Å². The van der Waals surface area contributed by atoms with Crippen LogP contribution in [0.25, 0.3) is 0 Å². The molecule has 0 saturated heterocycles. The predicted octanol–water partition coefficient (Wildman–Crippen LogP) is 0.248. The maximum Gasteiger partial charge on any atom is 0.145 e. The molecule has 2 atom stereocenters. The van der Waals surface area contributed by atoms with Crippen LogP contribution in [0.4, 0.5) is 0 Å². The minimum atomic E-state index is -0.0797. The van der Waals surface area contributed by atoms with E-state index < -0.39 is 0 Å². The zero-order valence-corrected chi connectivity index (χ0v) is 6.62. The van der Waals surface area contributed by atoms with Crippen LogP contribution in [0.15, 0.2) is 11.6 Å². The van der Waals surface area contributed by atoms with Gasteiger partial charge in [0.05, 0.1) is 6.10 Å². The fourth-order valence-corrected chi connectivity index (χ4v) is 1.26. The highest BCUT2D eigenvalue weighted by atomic mass is 16.5. The Morgan fingerprint density at radius 1 is 1.82 bits per heavy atom. The summed E-state index contributed by atoms with van der Waals surface area (Å²) in [6, 6.07) is 0.0451. The molecule has 0 aromatic rings. The number of ether oxygens (including phenoxy) is 1. The third kappa shape index (κ3) is 1.88. The lowest BCUT2D eigenvalue weighted by Crippen LogP contribution is -2.37. The molecule has 3 heteroatoms. The Labute approximate surface area is 66.2 Å². The third-order valence-corrected chi connectivity index (χ3v) is 1.99. The molecule has 0 radical (unpaired) electrons. The van der Waals surface area contributed by atoms with Crippen molar-refractivity contribution < 1.29 is 9.53 Å². The van der Waals surface area contributed by atoms with Crippen LogP contribution in [0.2, 0.25) is 0 Å². The molecule has 0 bridgehead atoms. The number of allylic oxidation sites excluding steroid dienone is 1. The van der Waals surface area contributed by atoms with E-state index in [1.54, 1.807) is 13.2 Å².